The standard InChI is InChI=1S/C21H18N6/c1-26-12-5-13-27(17-8-4-7-16(14-17)21-22-24-25-23-21)19-11-10-15-6-2-3-9-18(15)20(19)26/h2-11,13-14H,12H2,1H3,(H,22,23,24,25). The predicted octanol–water partition coefficient (Wildman–Crippen LogP) is 4.12. The molecule has 0 bridgehead atoms. The van der Waals surface area contributed by atoms with E-state index in [0.717, 1.165) is 23.5 Å². The lowest BCUT2D eigenvalue weighted by Gasteiger charge is -2.26. The van der Waals surface area contributed by atoms with Gasteiger partial charge < -0.3 is 9.80 Å². The quantitative estimate of drug-likeness (QED) is 0.587. The minimum Gasteiger partial charge on any atom is -0.369 e. The third kappa shape index (κ3) is 2.62. The van der Waals surface area contributed by atoms with Crippen LogP contribution in [0.3, 0.4) is 0 Å². The Hall–Kier alpha value is -3.67. The topological polar surface area (TPSA) is 60.9 Å². The van der Waals surface area contributed by atoms with Crippen LogP contribution in [0.15, 0.2) is 72.9 Å². The first-order chi connectivity index (χ1) is 13.3. The Balaban J connectivity index is 1.69. The maximum atomic E-state index is 4.03. The molecule has 6 nitrogen and oxygen atoms in total. The van der Waals surface area contributed by atoms with Crippen LogP contribution in [0.25, 0.3) is 22.2 Å². The summed E-state index contributed by atoms with van der Waals surface area (Å²) in [6.45, 7) is 0.850. The lowest BCUT2D eigenvalue weighted by Crippen LogP contribution is -2.17. The Labute approximate surface area is 156 Å². The van der Waals surface area contributed by atoms with Crippen molar-refractivity contribution >= 4 is 27.8 Å². The summed E-state index contributed by atoms with van der Waals surface area (Å²) < 4.78 is 0. The molecule has 0 atom stereocenters. The van der Waals surface area contributed by atoms with E-state index in [1.807, 2.05) is 12.1 Å². The fraction of sp³-hybridized carbons (Fsp3) is 0.0952. The Morgan fingerprint density at radius 2 is 1.93 bits per heavy atom. The average Bonchev–Trinajstić information content (AvgIpc) is 3.19. The molecule has 0 radical (unpaired) electrons. The molecule has 0 aliphatic carbocycles. The first-order valence-corrected chi connectivity index (χ1v) is 8.84. The summed E-state index contributed by atoms with van der Waals surface area (Å²) in [4.78, 5) is 4.51. The number of hydrogen-bond donors (Lipinski definition) is 1. The van der Waals surface area contributed by atoms with Gasteiger partial charge in [-0.3, -0.25) is 0 Å². The summed E-state index contributed by atoms with van der Waals surface area (Å²) in [6.07, 6.45) is 4.31. The van der Waals surface area contributed by atoms with Crippen LogP contribution >= 0.6 is 0 Å². The smallest absolute Gasteiger partial charge is 0.179 e. The summed E-state index contributed by atoms with van der Waals surface area (Å²) in [5.74, 6) is 0.659. The summed E-state index contributed by atoms with van der Waals surface area (Å²) in [7, 11) is 2.13. The second kappa shape index (κ2) is 6.25. The fourth-order valence-corrected chi connectivity index (χ4v) is 3.63. The highest BCUT2D eigenvalue weighted by Crippen LogP contribution is 2.41. The number of benzene rings is 3. The van der Waals surface area contributed by atoms with E-state index in [0.29, 0.717) is 5.82 Å². The predicted molar refractivity (Wildman–Crippen MR) is 108 cm³/mol. The summed E-state index contributed by atoms with van der Waals surface area (Å²) in [5, 5.41) is 16.7. The number of anilines is 3. The van der Waals surface area contributed by atoms with Crippen molar-refractivity contribution in [2.45, 2.75) is 0 Å². The van der Waals surface area contributed by atoms with Crippen LogP contribution in [-0.4, -0.2) is 34.2 Å². The Kier molecular flexibility index (Phi) is 3.60. The molecule has 4 aromatic rings. The monoisotopic (exact) mass is 354 g/mol. The van der Waals surface area contributed by atoms with Gasteiger partial charge >= 0.3 is 0 Å². The zero-order chi connectivity index (χ0) is 18.2. The minimum absolute atomic E-state index is 0.659. The number of tetrazole rings is 1. The normalized spacial score (nSPS) is 13.7. The number of likely N-dealkylation sites (N-methyl/N-ethyl adjacent to an activating group) is 1. The van der Waals surface area contributed by atoms with Crippen LogP contribution in [0.4, 0.5) is 17.1 Å². The van der Waals surface area contributed by atoms with Crippen molar-refractivity contribution < 1.29 is 0 Å². The maximum Gasteiger partial charge on any atom is 0.179 e. The van der Waals surface area contributed by atoms with Gasteiger partial charge in [0, 0.05) is 36.4 Å². The van der Waals surface area contributed by atoms with Gasteiger partial charge in [0.2, 0.25) is 0 Å². The Morgan fingerprint density at radius 3 is 2.81 bits per heavy atom. The average molecular weight is 354 g/mol. The first-order valence-electron chi connectivity index (χ1n) is 8.84. The van der Waals surface area contributed by atoms with Crippen molar-refractivity contribution in [3.05, 3.63) is 72.9 Å². The Bertz CT molecular complexity index is 1130. The largest absolute Gasteiger partial charge is 0.369 e. The summed E-state index contributed by atoms with van der Waals surface area (Å²) in [6, 6.07) is 21.1. The van der Waals surface area contributed by atoms with Gasteiger partial charge in [0.15, 0.2) is 5.82 Å². The van der Waals surface area contributed by atoms with E-state index in [-0.39, 0.29) is 0 Å². The van der Waals surface area contributed by atoms with Crippen LogP contribution in [0.2, 0.25) is 0 Å². The minimum atomic E-state index is 0.659. The van der Waals surface area contributed by atoms with E-state index in [4.69, 9.17) is 0 Å². The SMILES string of the molecule is CN1CC=CN(c2cccc(-c3nnn[nH]3)c2)c2ccc3ccccc3c21. The number of nitrogens with one attached hydrogen (secondary N) is 1. The van der Waals surface area contributed by atoms with Gasteiger partial charge in [0.25, 0.3) is 0 Å². The number of rotatable bonds is 2. The van der Waals surface area contributed by atoms with Gasteiger partial charge in [0.05, 0.1) is 11.4 Å². The molecule has 27 heavy (non-hydrogen) atoms. The van der Waals surface area contributed by atoms with Crippen molar-refractivity contribution in [1.82, 2.24) is 20.6 Å². The fourth-order valence-electron chi connectivity index (χ4n) is 3.63. The van der Waals surface area contributed by atoms with Crippen LogP contribution in [0, 0.1) is 0 Å². The third-order valence-corrected chi connectivity index (χ3v) is 4.90. The van der Waals surface area contributed by atoms with Crippen LogP contribution in [-0.2, 0) is 0 Å². The van der Waals surface area contributed by atoms with Crippen molar-refractivity contribution in [2.24, 2.45) is 0 Å². The zero-order valence-corrected chi connectivity index (χ0v) is 14.9. The molecule has 0 amide bonds. The van der Waals surface area contributed by atoms with Crippen LogP contribution in [0.1, 0.15) is 0 Å². The molecular weight excluding hydrogens is 336 g/mol. The molecule has 1 aliphatic heterocycles. The van der Waals surface area contributed by atoms with E-state index in [1.165, 1.54) is 16.5 Å². The van der Waals surface area contributed by atoms with Gasteiger partial charge in [-0.15, -0.1) is 5.10 Å². The molecule has 0 unspecified atom stereocenters. The van der Waals surface area contributed by atoms with E-state index < -0.39 is 0 Å². The highest BCUT2D eigenvalue weighted by molar-refractivity contribution is 6.02. The first kappa shape index (κ1) is 15.6. The molecule has 5 rings (SSSR count). The van der Waals surface area contributed by atoms with Gasteiger partial charge in [-0.2, -0.15) is 0 Å². The lowest BCUT2D eigenvalue weighted by molar-refractivity contribution is 0.881. The molecule has 2 heterocycles. The van der Waals surface area contributed by atoms with E-state index in [2.05, 4.69) is 98.3 Å². The number of H-pyrrole nitrogens is 1. The molecule has 0 spiro atoms. The molecule has 132 valence electrons. The molecular formula is C21H18N6. The number of nitrogens with zero attached hydrogens (tertiary/aromatic N) is 5. The molecule has 0 fully saturated rings. The zero-order valence-electron chi connectivity index (χ0n) is 14.9. The van der Waals surface area contributed by atoms with Gasteiger partial charge in [0.1, 0.15) is 0 Å². The lowest BCUT2D eigenvalue weighted by atomic mass is 10.1. The van der Waals surface area contributed by atoms with E-state index in [9.17, 15) is 0 Å². The summed E-state index contributed by atoms with van der Waals surface area (Å²) in [5.41, 5.74) is 4.39. The van der Waals surface area contributed by atoms with Crippen LogP contribution < -0.4 is 9.80 Å². The molecule has 1 N–H and O–H groups in total. The highest BCUT2D eigenvalue weighted by Gasteiger charge is 2.19. The third-order valence-electron chi connectivity index (χ3n) is 4.90. The molecule has 1 aliphatic rings. The highest BCUT2D eigenvalue weighted by atomic mass is 15.5. The van der Waals surface area contributed by atoms with Crippen molar-refractivity contribution in [3.8, 4) is 11.4 Å². The molecule has 0 saturated heterocycles. The number of fused-ring (bicyclic) bond motifs is 3. The Morgan fingerprint density at radius 1 is 1.00 bits per heavy atom. The maximum absolute atomic E-state index is 4.03. The van der Waals surface area contributed by atoms with Crippen LogP contribution in [0.5, 0.6) is 0 Å². The summed E-state index contributed by atoms with van der Waals surface area (Å²) >= 11 is 0. The van der Waals surface area contributed by atoms with E-state index >= 15 is 0 Å². The second-order valence-corrected chi connectivity index (χ2v) is 6.59. The van der Waals surface area contributed by atoms with Gasteiger partial charge in [-0.1, -0.05) is 42.5 Å². The molecule has 6 heteroatoms. The number of aromatic amines is 1. The second-order valence-electron chi connectivity index (χ2n) is 6.59. The molecule has 1 aromatic heterocycles. The van der Waals surface area contributed by atoms with E-state index in [1.54, 1.807) is 0 Å². The van der Waals surface area contributed by atoms with Crippen molar-refractivity contribution in [2.75, 3.05) is 23.4 Å². The van der Waals surface area contributed by atoms with Gasteiger partial charge in [-0.05, 0) is 40.1 Å². The number of aromatic nitrogens is 4. The molecule has 3 aromatic carbocycles. The molecule has 0 saturated carbocycles. The number of hydrogen-bond acceptors (Lipinski definition) is 5. The van der Waals surface area contributed by atoms with Gasteiger partial charge in [-0.25, -0.2) is 5.10 Å². The van der Waals surface area contributed by atoms with Crippen molar-refractivity contribution in [3.63, 3.8) is 0 Å². The van der Waals surface area contributed by atoms with Crippen molar-refractivity contribution in [1.29, 1.82) is 0 Å².